The Balaban J connectivity index is 0.000000124. The summed E-state index contributed by atoms with van der Waals surface area (Å²) in [5.74, 6) is 0. The number of fused-ring (bicyclic) bond motifs is 18. The smallest absolute Gasteiger partial charge is 0.0676 e. The van der Waals surface area contributed by atoms with Crippen LogP contribution in [0.25, 0.3) is 116 Å². The maximum Gasteiger partial charge on any atom is 0.0676 e. The number of para-hydroxylation sites is 3. The average molecular weight is 1990 g/mol. The molecule has 0 aliphatic carbocycles. The van der Waals surface area contributed by atoms with Gasteiger partial charge in [0.2, 0.25) is 0 Å². The Kier molecular flexibility index (Phi) is 23.3. The molecule has 6 saturated heterocycles. The number of hydrogen-bond acceptors (Lipinski definition) is 11. The summed E-state index contributed by atoms with van der Waals surface area (Å²) in [6.45, 7) is 15.6. The van der Waals surface area contributed by atoms with E-state index in [9.17, 15) is 0 Å². The number of piperidine rings is 2. The van der Waals surface area contributed by atoms with Crippen molar-refractivity contribution in [2.75, 3.05) is 134 Å². The molecule has 0 atom stereocenters. The molecule has 0 saturated carbocycles. The van der Waals surface area contributed by atoms with E-state index in [1.54, 1.807) is 0 Å². The first-order valence-electron chi connectivity index (χ1n) is 39.8. The van der Waals surface area contributed by atoms with Crippen molar-refractivity contribution in [1.29, 1.82) is 0 Å². The quantitative estimate of drug-likeness (QED) is 0.102. The van der Waals surface area contributed by atoms with Crippen LogP contribution in [0.5, 0.6) is 0 Å². The van der Waals surface area contributed by atoms with Crippen LogP contribution in [0.1, 0.15) is 89.9 Å². The molecule has 6 fully saturated rings. The minimum absolute atomic E-state index is 0. The molecule has 21 rings (SSSR count). The summed E-state index contributed by atoms with van der Waals surface area (Å²) in [5.41, 5.74) is 21.8. The van der Waals surface area contributed by atoms with Crippen LogP contribution in [0.4, 0.5) is 34.1 Å². The first-order chi connectivity index (χ1) is 53.2. The number of anilines is 6. The van der Waals surface area contributed by atoms with Crippen LogP contribution >= 0.6 is 0 Å². The fourth-order valence-corrected chi connectivity index (χ4v) is 18.5. The zero-order chi connectivity index (χ0) is 71.0. The number of morpholine rings is 2. The van der Waals surface area contributed by atoms with Gasteiger partial charge in [0.1, 0.15) is 0 Å². The Morgan fingerprint density at radius 3 is 0.755 bits per heavy atom. The minimum Gasteiger partial charge on any atom is -0.378 e. The third-order valence-corrected chi connectivity index (χ3v) is 23.7. The van der Waals surface area contributed by atoms with Crippen LogP contribution in [-0.2, 0) is 69.8 Å². The van der Waals surface area contributed by atoms with E-state index in [1.165, 1.54) is 195 Å². The number of pyridine rings is 3. The zero-order valence-electron chi connectivity index (χ0n) is 62.4. The first-order valence-corrected chi connectivity index (χ1v) is 39.8. The van der Waals surface area contributed by atoms with Gasteiger partial charge in [-0.05, 0) is 135 Å². The number of nitrogens with zero attached hydrogens (tertiary/aromatic N) is 12. The van der Waals surface area contributed by atoms with E-state index < -0.39 is 0 Å². The molecule has 110 heavy (non-hydrogen) atoms. The number of imidazole rings is 3. The normalized spacial score (nSPS) is 16.7. The summed E-state index contributed by atoms with van der Waals surface area (Å²) in [4.78, 5) is 30.5. The summed E-state index contributed by atoms with van der Waals surface area (Å²) in [6, 6.07) is 76.1. The van der Waals surface area contributed by atoms with E-state index in [2.05, 4.69) is 237 Å². The standard InChI is InChI=1S/C33H35N4.C31H31N4.C29H27N4O2.3Ir/c1-2-10-21-35(20-9-1)29-18-13-19-30(36-22-11-3-4-12-23-36)32(29)31-24-34-33-27-16-6-5-14-25(27)26-15-7-8-17-28(26)37(31)33;1-7-18-33(19-8-1)27-16-11-17-28(34-20-9-2-10-21-34)30(27)29-22-32-31-25-14-4-3-12-23(25)24-13-5-6-15-26(24)35(29)31;1-2-8-23-21(6-1)22-7-3-4-9-24(22)33-27(20-30-29(23)33)28-25(31-12-16-34-17-13-31)10-5-11-26(28)32-14-18-35-19-15-32;;;/h5-8,13-15,17-19,24H,1-4,9-12,20-23H2;3-6,11-13,15-17,22H,1-2,7-10,18-21H2;1-7,9-11,20H,12-19H2;;;/q3*-1;;;. The molecule has 567 valence electrons. The zero-order valence-corrected chi connectivity index (χ0v) is 69.6. The SMILES string of the molecule is [Ir].[Ir].[Ir].[c-]1cccc2c1c1ncc(-c3c(N4CCCCC4)cccc3N3CCCCC3)n1c1ccccc21.[c-]1cccc2c1c1ncc(-c3c(N4CCCCCC4)cccc3N3CCCCCC3)n1c1ccccc21.[c-]1cccc2c1c1ncc(-c3c(N4CCOCC4)cccc3N3CCOCC3)n1c1ccccc21. The molecule has 12 heterocycles. The van der Waals surface area contributed by atoms with Crippen molar-refractivity contribution in [2.45, 2.75) is 89.9 Å². The van der Waals surface area contributed by atoms with Gasteiger partial charge in [0, 0.05) is 225 Å². The molecule has 0 unspecified atom stereocenters. The molecule has 9 aromatic carbocycles. The van der Waals surface area contributed by atoms with Crippen LogP contribution in [0.3, 0.4) is 0 Å². The largest absolute Gasteiger partial charge is 0.378 e. The van der Waals surface area contributed by atoms with E-state index in [1.807, 2.05) is 24.4 Å². The van der Waals surface area contributed by atoms with E-state index in [0.29, 0.717) is 0 Å². The maximum absolute atomic E-state index is 5.68. The molecule has 15 aromatic rings. The molecule has 6 aliphatic rings. The third kappa shape index (κ3) is 14.2. The second-order valence-electron chi connectivity index (χ2n) is 29.9. The van der Waals surface area contributed by atoms with Crippen molar-refractivity contribution < 1.29 is 69.8 Å². The number of rotatable bonds is 9. The summed E-state index contributed by atoms with van der Waals surface area (Å²) < 4.78 is 18.5. The van der Waals surface area contributed by atoms with Gasteiger partial charge in [0.15, 0.2) is 0 Å². The molecule has 3 radical (unpaired) electrons. The van der Waals surface area contributed by atoms with Crippen LogP contribution < -0.4 is 29.4 Å². The predicted octanol–water partition coefficient (Wildman–Crippen LogP) is 19.7. The molecular formula is C93H93Ir3N12O2-3. The van der Waals surface area contributed by atoms with Gasteiger partial charge in [-0.15, -0.1) is 89.0 Å². The van der Waals surface area contributed by atoms with E-state index in [-0.39, 0.29) is 60.3 Å². The minimum atomic E-state index is 0. The van der Waals surface area contributed by atoms with Gasteiger partial charge in [0.05, 0.1) is 60.5 Å². The second kappa shape index (κ2) is 34.1. The van der Waals surface area contributed by atoms with Crippen LogP contribution in [0.15, 0.2) is 201 Å². The van der Waals surface area contributed by atoms with Gasteiger partial charge in [-0.2, -0.15) is 0 Å². The molecule has 14 nitrogen and oxygen atoms in total. The number of ether oxygens (including phenoxy) is 2. The van der Waals surface area contributed by atoms with Crippen molar-refractivity contribution in [3.8, 4) is 33.8 Å². The van der Waals surface area contributed by atoms with Crippen molar-refractivity contribution >= 4 is 116 Å². The summed E-state index contributed by atoms with van der Waals surface area (Å²) >= 11 is 0. The molecule has 0 N–H and O–H groups in total. The van der Waals surface area contributed by atoms with Crippen molar-refractivity contribution in [3.05, 3.63) is 219 Å². The molecule has 6 aromatic heterocycles. The van der Waals surface area contributed by atoms with Gasteiger partial charge in [-0.1, -0.05) is 115 Å². The van der Waals surface area contributed by atoms with Crippen LogP contribution in [-0.4, -0.2) is 133 Å². The first kappa shape index (κ1) is 75.3. The number of hydrogen-bond donors (Lipinski definition) is 0. The molecule has 17 heteroatoms. The number of benzene rings is 9. The van der Waals surface area contributed by atoms with Gasteiger partial charge >= 0.3 is 0 Å². The summed E-state index contributed by atoms with van der Waals surface area (Å²) in [7, 11) is 0. The topological polar surface area (TPSA) is 89.8 Å². The van der Waals surface area contributed by atoms with E-state index in [0.717, 1.165) is 149 Å². The Morgan fingerprint density at radius 2 is 0.482 bits per heavy atom. The van der Waals surface area contributed by atoms with Crippen LogP contribution in [0.2, 0.25) is 0 Å². The van der Waals surface area contributed by atoms with E-state index in [4.69, 9.17) is 24.4 Å². The molecule has 0 spiro atoms. The predicted molar refractivity (Wildman–Crippen MR) is 443 cm³/mol. The molecule has 6 aliphatic heterocycles. The molecule has 0 bridgehead atoms. The van der Waals surface area contributed by atoms with Crippen LogP contribution in [0, 0.1) is 18.2 Å². The third-order valence-electron chi connectivity index (χ3n) is 23.7. The Morgan fingerprint density at radius 1 is 0.245 bits per heavy atom. The van der Waals surface area contributed by atoms with Gasteiger partial charge in [-0.25, -0.2) is 0 Å². The summed E-state index contributed by atoms with van der Waals surface area (Å²) in [5, 5.41) is 10.6. The number of aromatic nitrogens is 6. The van der Waals surface area contributed by atoms with Gasteiger partial charge in [-0.3, -0.25) is 15.0 Å². The van der Waals surface area contributed by atoms with Crippen molar-refractivity contribution in [1.82, 2.24) is 28.2 Å². The Labute approximate surface area is 685 Å². The molecular weight excluding hydrogens is 1890 g/mol. The van der Waals surface area contributed by atoms with Gasteiger partial charge < -0.3 is 52.1 Å². The molecule has 0 amide bonds. The van der Waals surface area contributed by atoms with Crippen molar-refractivity contribution in [2.24, 2.45) is 0 Å². The monoisotopic (exact) mass is 1990 g/mol. The van der Waals surface area contributed by atoms with E-state index >= 15 is 0 Å². The fraction of sp³-hybridized carbons (Fsp3) is 0.323. The van der Waals surface area contributed by atoms with Gasteiger partial charge in [0.25, 0.3) is 0 Å². The average Bonchev–Trinajstić information content (AvgIpc) is 1.53. The van der Waals surface area contributed by atoms with Crippen molar-refractivity contribution in [3.63, 3.8) is 0 Å². The second-order valence-corrected chi connectivity index (χ2v) is 29.9. The summed E-state index contributed by atoms with van der Waals surface area (Å²) in [6.07, 6.45) is 24.4. The fourth-order valence-electron chi connectivity index (χ4n) is 18.5. The Bertz CT molecular complexity index is 5390. The maximum atomic E-state index is 5.68. The Hall–Kier alpha value is -8.72.